The summed E-state index contributed by atoms with van der Waals surface area (Å²) < 4.78 is 5.82. The van der Waals surface area contributed by atoms with Crippen molar-refractivity contribution >= 4 is 23.4 Å². The number of amides is 2. The van der Waals surface area contributed by atoms with Gasteiger partial charge in [0.25, 0.3) is 5.91 Å². The first kappa shape index (κ1) is 21.4. The lowest BCUT2D eigenvalue weighted by Gasteiger charge is -2.12. The van der Waals surface area contributed by atoms with Crippen LogP contribution in [0.1, 0.15) is 27.9 Å². The molecule has 2 N–H and O–H groups in total. The van der Waals surface area contributed by atoms with Gasteiger partial charge in [-0.25, -0.2) is 0 Å². The van der Waals surface area contributed by atoms with Crippen molar-refractivity contribution in [2.75, 3.05) is 6.54 Å². The minimum absolute atomic E-state index is 0.123. The van der Waals surface area contributed by atoms with Crippen molar-refractivity contribution in [1.29, 1.82) is 0 Å². The molecule has 3 aromatic carbocycles. The summed E-state index contributed by atoms with van der Waals surface area (Å²) in [5, 5.41) is 6.22. The average molecular weight is 423 g/mol. The minimum Gasteiger partial charge on any atom is -0.488 e. The molecule has 6 heteroatoms. The first-order valence-electron chi connectivity index (χ1n) is 9.67. The highest BCUT2D eigenvalue weighted by Crippen LogP contribution is 2.22. The maximum atomic E-state index is 12.6. The Kier molecular flexibility index (Phi) is 7.86. The summed E-state index contributed by atoms with van der Waals surface area (Å²) in [5.41, 5.74) is 2.28. The molecule has 0 aliphatic rings. The fraction of sp³-hybridized carbons (Fsp3) is 0.167. The van der Waals surface area contributed by atoms with Gasteiger partial charge in [-0.15, -0.1) is 0 Å². The zero-order chi connectivity index (χ0) is 21.2. The highest BCUT2D eigenvalue weighted by Gasteiger charge is 2.13. The first-order valence-corrected chi connectivity index (χ1v) is 10.1. The van der Waals surface area contributed by atoms with Gasteiger partial charge in [0.05, 0.1) is 5.56 Å². The summed E-state index contributed by atoms with van der Waals surface area (Å²) in [7, 11) is 0. The van der Waals surface area contributed by atoms with E-state index in [0.29, 0.717) is 22.9 Å². The van der Waals surface area contributed by atoms with Gasteiger partial charge in [-0.3, -0.25) is 9.59 Å². The van der Waals surface area contributed by atoms with E-state index in [9.17, 15) is 9.59 Å². The van der Waals surface area contributed by atoms with E-state index < -0.39 is 0 Å². The third-order valence-corrected chi connectivity index (χ3v) is 4.81. The maximum Gasteiger partial charge on any atom is 0.255 e. The number of nitrogens with one attached hydrogen (secondary N) is 2. The number of carbonyl (C=O) groups is 2. The third kappa shape index (κ3) is 6.36. The highest BCUT2D eigenvalue weighted by atomic mass is 35.5. The van der Waals surface area contributed by atoms with Gasteiger partial charge in [-0.2, -0.15) is 0 Å². The lowest BCUT2D eigenvalue weighted by molar-refractivity contribution is -0.121. The third-order valence-electron chi connectivity index (χ3n) is 4.44. The number of halogens is 1. The van der Waals surface area contributed by atoms with Gasteiger partial charge in [0.2, 0.25) is 5.91 Å². The van der Waals surface area contributed by atoms with Crippen molar-refractivity contribution in [2.45, 2.75) is 19.6 Å². The molecule has 0 radical (unpaired) electrons. The van der Waals surface area contributed by atoms with Crippen LogP contribution in [-0.4, -0.2) is 18.4 Å². The van der Waals surface area contributed by atoms with Crippen molar-refractivity contribution in [3.63, 3.8) is 0 Å². The molecular weight excluding hydrogens is 400 g/mol. The molecule has 0 atom stereocenters. The van der Waals surface area contributed by atoms with Crippen molar-refractivity contribution in [2.24, 2.45) is 0 Å². The van der Waals surface area contributed by atoms with Gasteiger partial charge < -0.3 is 15.4 Å². The molecule has 0 heterocycles. The normalized spacial score (nSPS) is 10.3. The van der Waals surface area contributed by atoms with Crippen LogP contribution in [0.4, 0.5) is 0 Å². The summed E-state index contributed by atoms with van der Waals surface area (Å²) in [6, 6.07) is 24.1. The molecule has 154 valence electrons. The van der Waals surface area contributed by atoms with Crippen LogP contribution in [0.5, 0.6) is 5.75 Å². The Morgan fingerprint density at radius 1 is 0.833 bits per heavy atom. The Hall–Kier alpha value is -3.31. The van der Waals surface area contributed by atoms with Crippen LogP contribution in [0.15, 0.2) is 78.9 Å². The monoisotopic (exact) mass is 422 g/mol. The van der Waals surface area contributed by atoms with E-state index in [2.05, 4.69) is 10.6 Å². The molecule has 2 amide bonds. The average Bonchev–Trinajstić information content (AvgIpc) is 2.78. The van der Waals surface area contributed by atoms with Crippen LogP contribution >= 0.6 is 11.6 Å². The molecule has 0 unspecified atom stereocenters. The molecule has 0 spiro atoms. The Labute approximate surface area is 181 Å². The van der Waals surface area contributed by atoms with Gasteiger partial charge >= 0.3 is 0 Å². The number of ether oxygens (including phenoxy) is 1. The largest absolute Gasteiger partial charge is 0.488 e. The molecule has 3 aromatic rings. The Balaban J connectivity index is 1.48. The summed E-state index contributed by atoms with van der Waals surface area (Å²) >= 11 is 6.16. The fourth-order valence-corrected chi connectivity index (χ4v) is 3.01. The molecule has 0 saturated heterocycles. The second-order valence-electron chi connectivity index (χ2n) is 6.64. The number of hydrogen-bond donors (Lipinski definition) is 2. The zero-order valence-corrected chi connectivity index (χ0v) is 17.2. The molecule has 3 rings (SSSR count). The molecule has 0 fully saturated rings. The number of para-hydroxylation sites is 1. The molecule has 0 aliphatic heterocycles. The van der Waals surface area contributed by atoms with Gasteiger partial charge in [-0.05, 0) is 23.8 Å². The van der Waals surface area contributed by atoms with Crippen molar-refractivity contribution < 1.29 is 14.3 Å². The summed E-state index contributed by atoms with van der Waals surface area (Å²) in [5.74, 6) is 0.0477. The van der Waals surface area contributed by atoms with E-state index in [-0.39, 0.29) is 31.4 Å². The van der Waals surface area contributed by atoms with E-state index in [1.807, 2.05) is 48.5 Å². The van der Waals surface area contributed by atoms with E-state index in [0.717, 1.165) is 11.1 Å². The van der Waals surface area contributed by atoms with E-state index in [4.69, 9.17) is 16.3 Å². The Morgan fingerprint density at radius 2 is 1.53 bits per heavy atom. The van der Waals surface area contributed by atoms with Gasteiger partial charge in [-0.1, -0.05) is 72.3 Å². The predicted molar refractivity (Wildman–Crippen MR) is 117 cm³/mol. The lowest BCUT2D eigenvalue weighted by atomic mass is 10.2. The SMILES string of the molecule is O=C(CCNC(=O)c1ccccc1OCc1ccccc1Cl)NCc1ccccc1. The van der Waals surface area contributed by atoms with Crippen LogP contribution in [0.3, 0.4) is 0 Å². The summed E-state index contributed by atoms with van der Waals surface area (Å²) in [6.45, 7) is 0.955. The van der Waals surface area contributed by atoms with Crippen molar-refractivity contribution in [1.82, 2.24) is 10.6 Å². The molecule has 0 aliphatic carbocycles. The minimum atomic E-state index is -0.291. The topological polar surface area (TPSA) is 67.4 Å². The Bertz CT molecular complexity index is 993. The number of hydrogen-bond acceptors (Lipinski definition) is 3. The molecular formula is C24H23ClN2O3. The van der Waals surface area contributed by atoms with Crippen molar-refractivity contribution in [3.05, 3.63) is 101 Å². The Morgan fingerprint density at radius 3 is 2.33 bits per heavy atom. The van der Waals surface area contributed by atoms with Crippen molar-refractivity contribution in [3.8, 4) is 5.75 Å². The van der Waals surface area contributed by atoms with Crippen LogP contribution in [0.2, 0.25) is 5.02 Å². The lowest BCUT2D eigenvalue weighted by Crippen LogP contribution is -2.30. The second kappa shape index (κ2) is 11.0. The van der Waals surface area contributed by atoms with Gasteiger partial charge in [0, 0.05) is 30.1 Å². The van der Waals surface area contributed by atoms with E-state index in [1.165, 1.54) is 0 Å². The smallest absolute Gasteiger partial charge is 0.255 e. The zero-order valence-electron chi connectivity index (χ0n) is 16.4. The standard InChI is InChI=1S/C24H23ClN2O3/c25-21-12-6-4-10-19(21)17-30-22-13-7-5-11-20(22)24(29)26-15-14-23(28)27-16-18-8-2-1-3-9-18/h1-13H,14-17H2,(H,26,29)(H,27,28). The number of benzene rings is 3. The highest BCUT2D eigenvalue weighted by molar-refractivity contribution is 6.31. The number of rotatable bonds is 9. The van der Waals surface area contributed by atoms with Gasteiger partial charge in [0.15, 0.2) is 0 Å². The molecule has 30 heavy (non-hydrogen) atoms. The summed E-state index contributed by atoms with van der Waals surface area (Å²) in [4.78, 5) is 24.5. The first-order chi connectivity index (χ1) is 14.6. The number of carbonyl (C=O) groups excluding carboxylic acids is 2. The van der Waals surface area contributed by atoms with Crippen LogP contribution in [0.25, 0.3) is 0 Å². The van der Waals surface area contributed by atoms with Crippen LogP contribution in [-0.2, 0) is 17.9 Å². The summed E-state index contributed by atoms with van der Waals surface area (Å²) in [6.07, 6.45) is 0.196. The van der Waals surface area contributed by atoms with Gasteiger partial charge in [0.1, 0.15) is 12.4 Å². The van der Waals surface area contributed by atoms with Crippen LogP contribution < -0.4 is 15.4 Å². The van der Waals surface area contributed by atoms with E-state index >= 15 is 0 Å². The molecule has 5 nitrogen and oxygen atoms in total. The quantitative estimate of drug-likeness (QED) is 0.538. The van der Waals surface area contributed by atoms with Crippen LogP contribution in [0, 0.1) is 0 Å². The maximum absolute atomic E-state index is 12.6. The van der Waals surface area contributed by atoms with E-state index in [1.54, 1.807) is 30.3 Å². The fourth-order valence-electron chi connectivity index (χ4n) is 2.82. The second-order valence-corrected chi connectivity index (χ2v) is 7.05. The molecule has 0 aromatic heterocycles. The molecule has 0 bridgehead atoms. The predicted octanol–water partition coefficient (Wildman–Crippen LogP) is 4.36. The molecule has 0 saturated carbocycles.